The topological polar surface area (TPSA) is 50.8 Å². The number of ether oxygens (including phenoxy) is 1. The first-order chi connectivity index (χ1) is 12.7. The highest BCUT2D eigenvalue weighted by Gasteiger charge is 2.03. The molecule has 0 saturated heterocycles. The van der Waals surface area contributed by atoms with Crippen LogP contribution in [0.25, 0.3) is 0 Å². The molecule has 0 aliphatic rings. The van der Waals surface area contributed by atoms with E-state index in [4.69, 9.17) is 4.74 Å². The summed E-state index contributed by atoms with van der Waals surface area (Å²) in [7, 11) is 0. The van der Waals surface area contributed by atoms with Gasteiger partial charge in [-0.1, -0.05) is 24.0 Å². The molecular weight excluding hydrogens is 322 g/mol. The van der Waals surface area contributed by atoms with E-state index in [1.807, 2.05) is 36.1 Å². The largest absolute Gasteiger partial charge is 0.492 e. The molecule has 0 saturated carbocycles. The van der Waals surface area contributed by atoms with E-state index >= 15 is 0 Å². The Morgan fingerprint density at radius 3 is 2.69 bits per heavy atom. The standard InChI is InChI=1S/C22H19N3O/c1-3-26-22-9-6-18(13-21(22)14-23)4-7-20-8-5-19(12-17(20)2)15-25-11-10-24-16-25/h5-6,8-13,16H,3,15H2,1-2H3. The third kappa shape index (κ3) is 4.12. The molecule has 1 aromatic heterocycles. The van der Waals surface area contributed by atoms with Gasteiger partial charge in [0.1, 0.15) is 11.8 Å². The zero-order valence-corrected chi connectivity index (χ0v) is 14.9. The number of imidazole rings is 1. The normalized spacial score (nSPS) is 9.88. The van der Waals surface area contributed by atoms with Crippen LogP contribution in [0.2, 0.25) is 0 Å². The molecule has 0 unspecified atom stereocenters. The average molecular weight is 341 g/mol. The van der Waals surface area contributed by atoms with Gasteiger partial charge in [0, 0.05) is 30.1 Å². The minimum absolute atomic E-state index is 0.506. The van der Waals surface area contributed by atoms with Gasteiger partial charge >= 0.3 is 0 Å². The molecule has 0 atom stereocenters. The van der Waals surface area contributed by atoms with Gasteiger partial charge in [0.05, 0.1) is 18.5 Å². The Bertz CT molecular complexity index is 1000. The Balaban J connectivity index is 1.80. The number of hydrogen-bond acceptors (Lipinski definition) is 3. The number of aryl methyl sites for hydroxylation is 1. The fourth-order valence-corrected chi connectivity index (χ4v) is 2.67. The summed E-state index contributed by atoms with van der Waals surface area (Å²) in [4.78, 5) is 4.06. The second-order valence-corrected chi connectivity index (χ2v) is 5.89. The lowest BCUT2D eigenvalue weighted by Gasteiger charge is -2.06. The molecule has 0 N–H and O–H groups in total. The van der Waals surface area contributed by atoms with Gasteiger partial charge in [0.25, 0.3) is 0 Å². The molecule has 1 heterocycles. The van der Waals surface area contributed by atoms with E-state index < -0.39 is 0 Å². The molecule has 3 aromatic rings. The molecule has 0 amide bonds. The highest BCUT2D eigenvalue weighted by Crippen LogP contribution is 2.19. The first-order valence-corrected chi connectivity index (χ1v) is 8.44. The fraction of sp³-hybridized carbons (Fsp3) is 0.182. The van der Waals surface area contributed by atoms with Crippen LogP contribution in [-0.4, -0.2) is 16.2 Å². The fourth-order valence-electron chi connectivity index (χ4n) is 2.67. The highest BCUT2D eigenvalue weighted by atomic mass is 16.5. The minimum atomic E-state index is 0.506. The van der Waals surface area contributed by atoms with E-state index in [1.54, 1.807) is 18.3 Å². The molecule has 0 aliphatic heterocycles. The second kappa shape index (κ2) is 8.05. The summed E-state index contributed by atoms with van der Waals surface area (Å²) in [6.45, 7) is 5.28. The molecule has 26 heavy (non-hydrogen) atoms. The Morgan fingerprint density at radius 1 is 1.12 bits per heavy atom. The van der Waals surface area contributed by atoms with Crippen LogP contribution in [-0.2, 0) is 6.54 Å². The van der Waals surface area contributed by atoms with Gasteiger partial charge < -0.3 is 9.30 Å². The van der Waals surface area contributed by atoms with E-state index in [0.717, 1.165) is 23.2 Å². The summed E-state index contributed by atoms with van der Waals surface area (Å²) in [6, 6.07) is 13.9. The van der Waals surface area contributed by atoms with Gasteiger partial charge in [-0.2, -0.15) is 5.26 Å². The van der Waals surface area contributed by atoms with E-state index in [-0.39, 0.29) is 0 Å². The molecular formula is C22H19N3O. The molecule has 0 spiro atoms. The predicted octanol–water partition coefficient (Wildman–Crippen LogP) is 3.91. The molecule has 0 aliphatic carbocycles. The lowest BCUT2D eigenvalue weighted by atomic mass is 10.0. The Labute approximate surface area is 153 Å². The zero-order chi connectivity index (χ0) is 18.4. The molecule has 0 fully saturated rings. The van der Waals surface area contributed by atoms with Gasteiger partial charge in [-0.15, -0.1) is 0 Å². The van der Waals surface area contributed by atoms with Gasteiger partial charge in [-0.3, -0.25) is 0 Å². The van der Waals surface area contributed by atoms with Crippen LogP contribution in [0.5, 0.6) is 5.75 Å². The van der Waals surface area contributed by atoms with Crippen molar-refractivity contribution in [3.05, 3.63) is 82.9 Å². The third-order valence-electron chi connectivity index (χ3n) is 3.96. The molecule has 4 nitrogen and oxygen atoms in total. The van der Waals surface area contributed by atoms with Crippen molar-refractivity contribution in [2.45, 2.75) is 20.4 Å². The number of nitrogens with zero attached hydrogens (tertiary/aromatic N) is 3. The van der Waals surface area contributed by atoms with Crippen LogP contribution in [0, 0.1) is 30.1 Å². The number of hydrogen-bond donors (Lipinski definition) is 0. The van der Waals surface area contributed by atoms with Crippen molar-refractivity contribution in [3.63, 3.8) is 0 Å². The first kappa shape index (κ1) is 17.3. The number of nitriles is 1. The Morgan fingerprint density at radius 2 is 2.00 bits per heavy atom. The molecule has 2 aromatic carbocycles. The third-order valence-corrected chi connectivity index (χ3v) is 3.96. The summed E-state index contributed by atoms with van der Waals surface area (Å²) < 4.78 is 7.48. The quantitative estimate of drug-likeness (QED) is 0.676. The van der Waals surface area contributed by atoms with Crippen molar-refractivity contribution in [1.29, 1.82) is 5.26 Å². The van der Waals surface area contributed by atoms with Gasteiger partial charge in [0.2, 0.25) is 0 Å². The minimum Gasteiger partial charge on any atom is -0.492 e. The van der Waals surface area contributed by atoms with Crippen LogP contribution < -0.4 is 4.74 Å². The lowest BCUT2D eigenvalue weighted by Crippen LogP contribution is -1.97. The van der Waals surface area contributed by atoms with Crippen LogP contribution in [0.3, 0.4) is 0 Å². The summed E-state index contributed by atoms with van der Waals surface area (Å²) in [6.07, 6.45) is 5.53. The maximum Gasteiger partial charge on any atom is 0.137 e. The van der Waals surface area contributed by atoms with Gasteiger partial charge in [0.15, 0.2) is 0 Å². The molecule has 128 valence electrons. The average Bonchev–Trinajstić information content (AvgIpc) is 3.15. The maximum absolute atomic E-state index is 9.25. The van der Waals surface area contributed by atoms with Crippen molar-refractivity contribution >= 4 is 0 Å². The second-order valence-electron chi connectivity index (χ2n) is 5.89. The van der Waals surface area contributed by atoms with Gasteiger partial charge in [-0.25, -0.2) is 4.98 Å². The van der Waals surface area contributed by atoms with Crippen molar-refractivity contribution in [3.8, 4) is 23.7 Å². The molecule has 3 rings (SSSR count). The van der Waals surface area contributed by atoms with Crippen LogP contribution in [0.4, 0.5) is 0 Å². The van der Waals surface area contributed by atoms with Crippen molar-refractivity contribution in [2.75, 3.05) is 6.61 Å². The molecule has 0 radical (unpaired) electrons. The first-order valence-electron chi connectivity index (χ1n) is 8.44. The summed E-state index contributed by atoms with van der Waals surface area (Å²) in [5.41, 5.74) is 4.62. The maximum atomic E-state index is 9.25. The highest BCUT2D eigenvalue weighted by molar-refractivity contribution is 5.52. The predicted molar refractivity (Wildman–Crippen MR) is 101 cm³/mol. The summed E-state index contributed by atoms with van der Waals surface area (Å²) in [5.74, 6) is 6.94. The zero-order valence-electron chi connectivity index (χ0n) is 14.9. The van der Waals surface area contributed by atoms with E-state index in [9.17, 15) is 5.26 Å². The number of rotatable bonds is 4. The number of benzene rings is 2. The van der Waals surface area contributed by atoms with E-state index in [1.165, 1.54) is 5.56 Å². The van der Waals surface area contributed by atoms with E-state index in [0.29, 0.717) is 17.9 Å². The van der Waals surface area contributed by atoms with Gasteiger partial charge in [-0.05, 0) is 49.2 Å². The van der Waals surface area contributed by atoms with Crippen LogP contribution in [0.1, 0.15) is 34.7 Å². The summed E-state index contributed by atoms with van der Waals surface area (Å²) >= 11 is 0. The Kier molecular flexibility index (Phi) is 5.37. The monoisotopic (exact) mass is 341 g/mol. The van der Waals surface area contributed by atoms with Crippen LogP contribution >= 0.6 is 0 Å². The lowest BCUT2D eigenvalue weighted by molar-refractivity contribution is 0.339. The Hall–Kier alpha value is -3.50. The van der Waals surface area contributed by atoms with Crippen LogP contribution in [0.15, 0.2) is 55.1 Å². The molecule has 4 heteroatoms. The smallest absolute Gasteiger partial charge is 0.137 e. The molecule has 0 bridgehead atoms. The number of aromatic nitrogens is 2. The summed E-state index contributed by atoms with van der Waals surface area (Å²) in [5, 5.41) is 9.25. The SMILES string of the molecule is CCOc1ccc(C#Cc2ccc(Cn3ccnc3)cc2C)cc1C#N. The van der Waals surface area contributed by atoms with Crippen molar-refractivity contribution in [2.24, 2.45) is 0 Å². The van der Waals surface area contributed by atoms with E-state index in [2.05, 4.69) is 42.0 Å². The van der Waals surface area contributed by atoms with Crippen molar-refractivity contribution in [1.82, 2.24) is 9.55 Å². The van der Waals surface area contributed by atoms with Crippen molar-refractivity contribution < 1.29 is 4.74 Å².